The van der Waals surface area contributed by atoms with Crippen LogP contribution in [0.5, 0.6) is 0 Å². The predicted octanol–water partition coefficient (Wildman–Crippen LogP) is 13.3. The summed E-state index contributed by atoms with van der Waals surface area (Å²) < 4.78 is 0. The third-order valence-corrected chi connectivity index (χ3v) is 9.51. The van der Waals surface area contributed by atoms with E-state index in [-0.39, 0.29) is 0 Å². The van der Waals surface area contributed by atoms with Gasteiger partial charge in [-0.15, -0.1) is 0 Å². The molecule has 0 fully saturated rings. The quantitative estimate of drug-likeness (QED) is 0.0716. The molecular formula is C42H48. The van der Waals surface area contributed by atoms with Gasteiger partial charge in [-0.2, -0.15) is 0 Å². The molecule has 0 heterocycles. The summed E-state index contributed by atoms with van der Waals surface area (Å²) in [4.78, 5) is 0. The first-order valence-corrected chi connectivity index (χ1v) is 17.0. The summed E-state index contributed by atoms with van der Waals surface area (Å²) in [6, 6.07) is 33.3. The normalized spacial score (nSPS) is 12.0. The van der Waals surface area contributed by atoms with Crippen LogP contribution in [0.1, 0.15) is 102 Å². The summed E-state index contributed by atoms with van der Waals surface area (Å²) in [5.41, 5.74) is 2.96. The van der Waals surface area contributed by atoms with Crippen LogP contribution in [0.2, 0.25) is 0 Å². The molecule has 42 heavy (non-hydrogen) atoms. The molecule has 0 aliphatic rings. The molecule has 0 saturated carbocycles. The Morgan fingerprint density at radius 1 is 0.310 bits per heavy atom. The van der Waals surface area contributed by atoms with Gasteiger partial charge in [-0.25, -0.2) is 0 Å². The first kappa shape index (κ1) is 28.7. The van der Waals surface area contributed by atoms with Crippen molar-refractivity contribution in [3.05, 3.63) is 96.1 Å². The third-order valence-electron chi connectivity index (χ3n) is 9.51. The molecule has 0 atom stereocenters. The molecule has 0 heteroatoms. The van der Waals surface area contributed by atoms with E-state index >= 15 is 0 Å². The highest BCUT2D eigenvalue weighted by Gasteiger charge is 2.09. The van der Waals surface area contributed by atoms with Crippen molar-refractivity contribution in [2.24, 2.45) is 0 Å². The van der Waals surface area contributed by atoms with Crippen LogP contribution in [0.3, 0.4) is 0 Å². The fourth-order valence-electron chi connectivity index (χ4n) is 7.00. The Labute approximate surface area is 253 Å². The van der Waals surface area contributed by atoms with E-state index in [4.69, 9.17) is 0 Å². The molecule has 0 nitrogen and oxygen atoms in total. The largest absolute Gasteiger partial charge is 0.0654 e. The van der Waals surface area contributed by atoms with Gasteiger partial charge in [0.25, 0.3) is 0 Å². The van der Waals surface area contributed by atoms with E-state index in [0.717, 1.165) is 0 Å². The Kier molecular flexibility index (Phi) is 9.39. The van der Waals surface area contributed by atoms with Crippen molar-refractivity contribution in [2.75, 3.05) is 0 Å². The lowest BCUT2D eigenvalue weighted by atomic mass is 9.92. The van der Waals surface area contributed by atoms with E-state index in [1.807, 2.05) is 0 Å². The van der Waals surface area contributed by atoms with Crippen LogP contribution >= 0.6 is 0 Å². The highest BCUT2D eigenvalue weighted by atomic mass is 14.1. The number of fused-ring (bicyclic) bond motifs is 7. The highest BCUT2D eigenvalue weighted by molar-refractivity contribution is 6.20. The average Bonchev–Trinajstić information content (AvgIpc) is 3.02. The Bertz CT molecular complexity index is 1670. The fourth-order valence-corrected chi connectivity index (χ4v) is 7.00. The number of aryl methyl sites for hydroxylation is 2. The maximum atomic E-state index is 2.43. The molecule has 0 spiro atoms. The second kappa shape index (κ2) is 13.7. The van der Waals surface area contributed by atoms with Gasteiger partial charge in [-0.1, -0.05) is 139 Å². The number of benzene rings is 6. The van der Waals surface area contributed by atoms with Crippen LogP contribution in [0, 0.1) is 0 Å². The van der Waals surface area contributed by atoms with Gasteiger partial charge in [0.05, 0.1) is 0 Å². The van der Waals surface area contributed by atoms with E-state index in [9.17, 15) is 0 Å². The first-order valence-electron chi connectivity index (χ1n) is 17.0. The second-order valence-electron chi connectivity index (χ2n) is 12.8. The van der Waals surface area contributed by atoms with Crippen molar-refractivity contribution < 1.29 is 0 Å². The molecule has 6 aromatic rings. The molecule has 0 saturated heterocycles. The van der Waals surface area contributed by atoms with Crippen molar-refractivity contribution in [3.63, 3.8) is 0 Å². The van der Waals surface area contributed by atoms with Gasteiger partial charge in [0, 0.05) is 0 Å². The predicted molar refractivity (Wildman–Crippen MR) is 188 cm³/mol. The van der Waals surface area contributed by atoms with Gasteiger partial charge >= 0.3 is 0 Å². The third kappa shape index (κ3) is 6.49. The Morgan fingerprint density at radius 2 is 0.714 bits per heavy atom. The average molecular weight is 553 g/mol. The number of unbranched alkanes of at least 4 members (excludes halogenated alkanes) is 10. The van der Waals surface area contributed by atoms with Gasteiger partial charge in [-0.3, -0.25) is 0 Å². The van der Waals surface area contributed by atoms with E-state index in [2.05, 4.69) is 98.8 Å². The molecule has 0 aromatic heterocycles. The highest BCUT2D eigenvalue weighted by Crippen LogP contribution is 2.35. The van der Waals surface area contributed by atoms with Crippen LogP contribution in [-0.4, -0.2) is 0 Å². The van der Waals surface area contributed by atoms with Gasteiger partial charge < -0.3 is 0 Å². The molecule has 0 aliphatic heterocycles. The van der Waals surface area contributed by atoms with E-state index < -0.39 is 0 Å². The van der Waals surface area contributed by atoms with E-state index in [0.29, 0.717) is 0 Å². The van der Waals surface area contributed by atoms with Gasteiger partial charge in [0.1, 0.15) is 0 Å². The lowest BCUT2D eigenvalue weighted by molar-refractivity contribution is 0.607. The standard InChI is InChI=1S/C42H48/c1-3-5-7-9-11-13-15-31-17-19-33-29-41-35(27-37(33)25-31)21-23-40-39(41)24-22-36-28-38-26-32(16-14-12-10-8-6-4-2)18-20-34(38)30-42(36)40/h17-30H,3-16H2,1-2H3. The SMILES string of the molecule is CCCCCCCCc1ccc2cc3c(ccc4c5cc6ccc(CCCCCCCC)cc6cc5ccc34)cc2c1. The second-order valence-corrected chi connectivity index (χ2v) is 12.8. The fraction of sp³-hybridized carbons (Fsp3) is 0.381. The van der Waals surface area contributed by atoms with Gasteiger partial charge in [0.15, 0.2) is 0 Å². The zero-order chi connectivity index (χ0) is 28.7. The van der Waals surface area contributed by atoms with Crippen molar-refractivity contribution >= 4 is 53.9 Å². The van der Waals surface area contributed by atoms with Crippen molar-refractivity contribution in [3.8, 4) is 0 Å². The summed E-state index contributed by atoms with van der Waals surface area (Å²) in [5, 5.41) is 13.5. The maximum Gasteiger partial charge on any atom is -0.00987 e. The van der Waals surface area contributed by atoms with Gasteiger partial charge in [-0.05, 0) is 115 Å². The van der Waals surface area contributed by atoms with Crippen LogP contribution < -0.4 is 0 Å². The van der Waals surface area contributed by atoms with Crippen LogP contribution in [0.15, 0.2) is 84.9 Å². The molecule has 216 valence electrons. The monoisotopic (exact) mass is 552 g/mol. The smallest absolute Gasteiger partial charge is 0.00987 e. The lowest BCUT2D eigenvalue weighted by Crippen LogP contribution is -1.88. The molecule has 0 bridgehead atoms. The molecule has 0 radical (unpaired) electrons. The van der Waals surface area contributed by atoms with Crippen LogP contribution in [0.4, 0.5) is 0 Å². The Balaban J connectivity index is 1.25. The molecule has 6 rings (SSSR count). The Morgan fingerprint density at radius 3 is 1.17 bits per heavy atom. The zero-order valence-corrected chi connectivity index (χ0v) is 26.0. The summed E-state index contributed by atoms with van der Waals surface area (Å²) in [7, 11) is 0. The molecular weight excluding hydrogens is 504 g/mol. The minimum atomic E-state index is 1.19. The molecule has 6 aromatic carbocycles. The maximum absolute atomic E-state index is 2.43. The molecule has 0 unspecified atom stereocenters. The number of hydrogen-bond acceptors (Lipinski definition) is 0. The summed E-state index contributed by atoms with van der Waals surface area (Å²) in [6.45, 7) is 4.58. The molecule has 0 N–H and O–H groups in total. The van der Waals surface area contributed by atoms with E-state index in [1.165, 1.54) is 155 Å². The van der Waals surface area contributed by atoms with Crippen LogP contribution in [-0.2, 0) is 12.8 Å². The summed E-state index contributed by atoms with van der Waals surface area (Å²) in [6.07, 6.45) is 18.6. The molecule has 0 aliphatic carbocycles. The summed E-state index contributed by atoms with van der Waals surface area (Å²) in [5.74, 6) is 0. The first-order chi connectivity index (χ1) is 20.7. The number of hydrogen-bond donors (Lipinski definition) is 0. The number of rotatable bonds is 14. The van der Waals surface area contributed by atoms with E-state index in [1.54, 1.807) is 0 Å². The Hall–Kier alpha value is -3.38. The lowest BCUT2D eigenvalue weighted by Gasteiger charge is -2.12. The minimum absolute atomic E-state index is 1.19. The summed E-state index contributed by atoms with van der Waals surface area (Å²) >= 11 is 0. The van der Waals surface area contributed by atoms with Crippen molar-refractivity contribution in [2.45, 2.75) is 104 Å². The molecule has 0 amide bonds. The van der Waals surface area contributed by atoms with Crippen molar-refractivity contribution in [1.29, 1.82) is 0 Å². The van der Waals surface area contributed by atoms with Crippen molar-refractivity contribution in [1.82, 2.24) is 0 Å². The topological polar surface area (TPSA) is 0 Å². The van der Waals surface area contributed by atoms with Gasteiger partial charge in [0.2, 0.25) is 0 Å². The zero-order valence-electron chi connectivity index (χ0n) is 26.0. The van der Waals surface area contributed by atoms with Crippen LogP contribution in [0.25, 0.3) is 53.9 Å². The minimum Gasteiger partial charge on any atom is -0.0654 e.